The first-order valence-electron chi connectivity index (χ1n) is 6.01. The molecule has 108 valence electrons. The second-order valence-electron chi connectivity index (χ2n) is 4.36. The largest absolute Gasteiger partial charge is 0.350 e. The summed E-state index contributed by atoms with van der Waals surface area (Å²) in [5.74, 6) is -0.301. The highest BCUT2D eigenvalue weighted by Crippen LogP contribution is 2.03. The van der Waals surface area contributed by atoms with E-state index in [0.29, 0.717) is 0 Å². The molecule has 0 aliphatic heterocycles. The van der Waals surface area contributed by atoms with E-state index < -0.39 is 21.9 Å². The number of benzene rings is 1. The molecule has 0 saturated heterocycles. The van der Waals surface area contributed by atoms with Gasteiger partial charge in [0.25, 0.3) is 0 Å². The molecule has 2 aromatic rings. The molecule has 8 heteroatoms. The molecule has 1 aromatic heterocycles. The molecule has 0 aliphatic rings. The predicted molar refractivity (Wildman–Crippen MR) is 73.1 cm³/mol. The summed E-state index contributed by atoms with van der Waals surface area (Å²) in [6, 6.07) is 8.88. The van der Waals surface area contributed by atoms with Crippen LogP contribution in [0, 0.1) is 10.1 Å². The molecule has 0 radical (unpaired) electrons. The number of rotatable bonds is 5. The maximum absolute atomic E-state index is 11.9. The molecular formula is C13H11N3O5. The lowest BCUT2D eigenvalue weighted by Gasteiger charge is -2.04. The third-order valence-corrected chi connectivity index (χ3v) is 2.78. The van der Waals surface area contributed by atoms with Crippen LogP contribution in [0.5, 0.6) is 0 Å². The quantitative estimate of drug-likeness (QED) is 0.626. The van der Waals surface area contributed by atoms with E-state index in [4.69, 9.17) is 0 Å². The Labute approximate surface area is 117 Å². The van der Waals surface area contributed by atoms with Gasteiger partial charge in [-0.3, -0.25) is 29.3 Å². The Balaban J connectivity index is 2.21. The number of H-pyrrole nitrogens is 1. The van der Waals surface area contributed by atoms with Gasteiger partial charge in [0.05, 0.1) is 17.7 Å². The third-order valence-electron chi connectivity index (χ3n) is 2.78. The summed E-state index contributed by atoms with van der Waals surface area (Å²) < 4.78 is 0.824. The Morgan fingerprint density at radius 3 is 2.52 bits per heavy atom. The lowest BCUT2D eigenvalue weighted by Crippen LogP contribution is -2.33. The molecule has 0 bridgehead atoms. The van der Waals surface area contributed by atoms with Gasteiger partial charge in [-0.2, -0.15) is 0 Å². The van der Waals surface area contributed by atoms with Gasteiger partial charge in [0.2, 0.25) is 0 Å². The molecule has 0 saturated carbocycles. The van der Waals surface area contributed by atoms with Gasteiger partial charge in [0.1, 0.15) is 0 Å². The fourth-order valence-electron chi connectivity index (χ4n) is 1.81. The summed E-state index contributed by atoms with van der Waals surface area (Å²) in [6.45, 7) is -0.342. The zero-order chi connectivity index (χ0) is 15.4. The van der Waals surface area contributed by atoms with Gasteiger partial charge in [0, 0.05) is 6.42 Å². The van der Waals surface area contributed by atoms with Crippen LogP contribution >= 0.6 is 0 Å². The number of hydrogen-bond donors (Lipinski definition) is 1. The minimum absolute atomic E-state index is 0.0974. The summed E-state index contributed by atoms with van der Waals surface area (Å²) in [5, 5.41) is 10.6. The zero-order valence-corrected chi connectivity index (χ0v) is 10.8. The molecule has 2 rings (SSSR count). The standard InChI is InChI=1S/C13H11N3O5/c17-10(6-9-4-2-1-3-5-9)7-15-8-11(16(20)21)12(18)14-13(15)19/h1-5,8H,6-7H2,(H,14,18,19). The molecule has 0 unspecified atom stereocenters. The number of hydrogen-bond acceptors (Lipinski definition) is 5. The number of nitro groups is 1. The Morgan fingerprint density at radius 1 is 1.24 bits per heavy atom. The van der Waals surface area contributed by atoms with Crippen molar-refractivity contribution in [2.75, 3.05) is 0 Å². The van der Waals surface area contributed by atoms with Crippen LogP contribution in [0.4, 0.5) is 5.69 Å². The van der Waals surface area contributed by atoms with Crippen molar-refractivity contribution in [2.45, 2.75) is 13.0 Å². The Bertz CT molecular complexity index is 791. The van der Waals surface area contributed by atoms with Gasteiger partial charge in [-0.05, 0) is 5.56 Å². The van der Waals surface area contributed by atoms with E-state index >= 15 is 0 Å². The number of aromatic nitrogens is 2. The van der Waals surface area contributed by atoms with Crippen LogP contribution in [-0.2, 0) is 17.8 Å². The van der Waals surface area contributed by atoms with Gasteiger partial charge in [-0.1, -0.05) is 30.3 Å². The van der Waals surface area contributed by atoms with E-state index in [1.807, 2.05) is 11.1 Å². The average molecular weight is 289 g/mol. The van der Waals surface area contributed by atoms with Crippen LogP contribution in [0.25, 0.3) is 0 Å². The molecule has 1 aromatic carbocycles. The number of Topliss-reactive ketones (excluding diaryl/α,β-unsaturated/α-hetero) is 1. The number of nitrogens with zero attached hydrogens (tertiary/aromatic N) is 2. The lowest BCUT2D eigenvalue weighted by molar-refractivity contribution is -0.386. The zero-order valence-electron chi connectivity index (χ0n) is 10.8. The van der Waals surface area contributed by atoms with Crippen LogP contribution in [-0.4, -0.2) is 20.3 Å². The molecule has 0 atom stereocenters. The second kappa shape index (κ2) is 5.95. The van der Waals surface area contributed by atoms with E-state index in [1.165, 1.54) is 0 Å². The van der Waals surface area contributed by atoms with E-state index in [1.54, 1.807) is 24.3 Å². The Kier molecular flexibility index (Phi) is 4.07. The Morgan fingerprint density at radius 2 is 1.90 bits per heavy atom. The first-order chi connectivity index (χ1) is 9.97. The smallest absolute Gasteiger partial charge is 0.297 e. The second-order valence-corrected chi connectivity index (χ2v) is 4.36. The molecule has 1 heterocycles. The first-order valence-corrected chi connectivity index (χ1v) is 6.01. The third kappa shape index (κ3) is 3.50. The van der Waals surface area contributed by atoms with Gasteiger partial charge in [0.15, 0.2) is 5.78 Å². The number of carbonyl (C=O) groups is 1. The van der Waals surface area contributed by atoms with Gasteiger partial charge in [-0.15, -0.1) is 0 Å². The van der Waals surface area contributed by atoms with Crippen LogP contribution in [0.3, 0.4) is 0 Å². The van der Waals surface area contributed by atoms with Crippen molar-refractivity contribution in [3.63, 3.8) is 0 Å². The minimum Gasteiger partial charge on any atom is -0.297 e. The van der Waals surface area contributed by atoms with Gasteiger partial charge < -0.3 is 0 Å². The Hall–Kier alpha value is -3.03. The summed E-state index contributed by atoms with van der Waals surface area (Å²) in [4.78, 5) is 46.2. The van der Waals surface area contributed by atoms with Crippen molar-refractivity contribution in [1.29, 1.82) is 0 Å². The van der Waals surface area contributed by atoms with Gasteiger partial charge >= 0.3 is 16.9 Å². The molecule has 0 fully saturated rings. The van der Waals surface area contributed by atoms with E-state index in [9.17, 15) is 24.5 Å². The molecule has 0 spiro atoms. The summed E-state index contributed by atoms with van der Waals surface area (Å²) in [6.07, 6.45) is 0.879. The fourth-order valence-corrected chi connectivity index (χ4v) is 1.81. The SMILES string of the molecule is O=C(Cc1ccccc1)Cn1cc([N+](=O)[O-])c(=O)[nH]c1=O. The summed E-state index contributed by atoms with van der Waals surface area (Å²) in [5.41, 5.74) is -1.94. The summed E-state index contributed by atoms with van der Waals surface area (Å²) >= 11 is 0. The summed E-state index contributed by atoms with van der Waals surface area (Å²) in [7, 11) is 0. The van der Waals surface area contributed by atoms with Crippen molar-refractivity contribution in [1.82, 2.24) is 9.55 Å². The van der Waals surface area contributed by atoms with E-state index in [2.05, 4.69) is 0 Å². The normalized spacial score (nSPS) is 10.3. The molecule has 0 aliphatic carbocycles. The van der Waals surface area contributed by atoms with E-state index in [-0.39, 0.29) is 18.7 Å². The monoisotopic (exact) mass is 289 g/mol. The maximum atomic E-state index is 11.9. The molecule has 0 amide bonds. The highest BCUT2D eigenvalue weighted by molar-refractivity contribution is 5.80. The average Bonchev–Trinajstić information content (AvgIpc) is 2.42. The number of nitrogens with one attached hydrogen (secondary N) is 1. The van der Waals surface area contributed by atoms with Crippen LogP contribution < -0.4 is 11.2 Å². The number of aromatic amines is 1. The highest BCUT2D eigenvalue weighted by atomic mass is 16.6. The van der Waals surface area contributed by atoms with Crippen LogP contribution in [0.1, 0.15) is 5.56 Å². The van der Waals surface area contributed by atoms with E-state index in [0.717, 1.165) is 16.3 Å². The maximum Gasteiger partial charge on any atom is 0.350 e. The highest BCUT2D eigenvalue weighted by Gasteiger charge is 2.16. The van der Waals surface area contributed by atoms with Crippen LogP contribution in [0.2, 0.25) is 0 Å². The van der Waals surface area contributed by atoms with Crippen molar-refractivity contribution >= 4 is 11.5 Å². The molecule has 1 N–H and O–H groups in total. The van der Waals surface area contributed by atoms with Crippen molar-refractivity contribution in [3.05, 3.63) is 73.0 Å². The molecular weight excluding hydrogens is 278 g/mol. The predicted octanol–water partition coefficient (Wildman–Crippen LogP) is 0.257. The fraction of sp³-hybridized carbons (Fsp3) is 0.154. The molecule has 8 nitrogen and oxygen atoms in total. The van der Waals surface area contributed by atoms with Crippen molar-refractivity contribution in [3.8, 4) is 0 Å². The van der Waals surface area contributed by atoms with Crippen molar-refractivity contribution in [2.24, 2.45) is 0 Å². The van der Waals surface area contributed by atoms with Crippen LogP contribution in [0.15, 0.2) is 46.1 Å². The topological polar surface area (TPSA) is 115 Å². The van der Waals surface area contributed by atoms with Gasteiger partial charge in [-0.25, -0.2) is 4.79 Å². The minimum atomic E-state index is -1.09. The number of carbonyl (C=O) groups excluding carboxylic acids is 1. The van der Waals surface area contributed by atoms with Crippen molar-refractivity contribution < 1.29 is 9.72 Å². The number of ketones is 1. The molecule has 21 heavy (non-hydrogen) atoms. The lowest BCUT2D eigenvalue weighted by atomic mass is 10.1. The first kappa shape index (κ1) is 14.4.